The number of nitrogens with zero attached hydrogens (tertiary/aromatic N) is 3. The van der Waals surface area contributed by atoms with E-state index in [4.69, 9.17) is 4.74 Å². The number of hydrogen-bond donors (Lipinski definition) is 1. The van der Waals surface area contributed by atoms with Crippen LogP contribution in [0.25, 0.3) is 0 Å². The van der Waals surface area contributed by atoms with Crippen LogP contribution < -0.4 is 5.32 Å². The lowest BCUT2D eigenvalue weighted by Crippen LogP contribution is -2.17. The van der Waals surface area contributed by atoms with Crippen molar-refractivity contribution in [1.82, 2.24) is 14.8 Å². The number of amides is 1. The second kappa shape index (κ2) is 8.87. The summed E-state index contributed by atoms with van der Waals surface area (Å²) in [7, 11) is 1.95. The number of hydrogen-bond acceptors (Lipinski definition) is 7. The first-order valence-corrected chi connectivity index (χ1v) is 12.0. The van der Waals surface area contributed by atoms with Gasteiger partial charge in [0.2, 0.25) is 5.91 Å². The van der Waals surface area contributed by atoms with Gasteiger partial charge < -0.3 is 14.6 Å². The highest BCUT2D eigenvalue weighted by molar-refractivity contribution is 7.99. The van der Waals surface area contributed by atoms with Crippen LogP contribution in [0.15, 0.2) is 5.16 Å². The highest BCUT2D eigenvalue weighted by atomic mass is 32.2. The summed E-state index contributed by atoms with van der Waals surface area (Å²) in [4.78, 5) is 26.4. The van der Waals surface area contributed by atoms with Crippen LogP contribution in [0.5, 0.6) is 0 Å². The van der Waals surface area contributed by atoms with Crippen molar-refractivity contribution in [2.45, 2.75) is 62.9 Å². The van der Waals surface area contributed by atoms with Gasteiger partial charge >= 0.3 is 5.97 Å². The molecule has 0 spiro atoms. The molecule has 2 aromatic rings. The number of carbonyl (C=O) groups excluding carboxylic acids is 2. The van der Waals surface area contributed by atoms with E-state index in [2.05, 4.69) is 15.5 Å². The molecular weight excluding hydrogens is 408 g/mol. The molecule has 0 aromatic carbocycles. The van der Waals surface area contributed by atoms with Crippen molar-refractivity contribution in [3.05, 3.63) is 21.8 Å². The molecule has 0 radical (unpaired) electrons. The molecule has 1 N–H and O–H groups in total. The Bertz CT molecular complexity index is 917. The number of aryl methyl sites for hydroxylation is 1. The van der Waals surface area contributed by atoms with Crippen LogP contribution in [-0.2, 0) is 29.4 Å². The molecule has 0 aliphatic heterocycles. The van der Waals surface area contributed by atoms with Crippen LogP contribution in [0.3, 0.4) is 0 Å². The molecule has 2 aliphatic rings. The van der Waals surface area contributed by atoms with Gasteiger partial charge in [0.1, 0.15) is 10.8 Å². The van der Waals surface area contributed by atoms with Gasteiger partial charge in [0.05, 0.1) is 17.9 Å². The zero-order valence-corrected chi connectivity index (χ0v) is 18.5. The molecule has 2 aromatic heterocycles. The van der Waals surface area contributed by atoms with Gasteiger partial charge in [-0.05, 0) is 51.0 Å². The lowest BCUT2D eigenvalue weighted by atomic mass is 10.1. The van der Waals surface area contributed by atoms with Crippen LogP contribution in [-0.4, -0.2) is 39.0 Å². The number of anilines is 1. The number of fused-ring (bicyclic) bond motifs is 1. The van der Waals surface area contributed by atoms with Crippen molar-refractivity contribution in [2.75, 3.05) is 17.7 Å². The van der Waals surface area contributed by atoms with Gasteiger partial charge in [0.25, 0.3) is 0 Å². The predicted octanol–water partition coefficient (Wildman–Crippen LogP) is 3.93. The molecule has 1 saturated carbocycles. The molecule has 9 heteroatoms. The lowest BCUT2D eigenvalue weighted by Gasteiger charge is -2.08. The maximum absolute atomic E-state index is 12.6. The SMILES string of the molecule is CCOC(=O)c1c(NC(=O)CSc2nnc(C3CC3)n2C)sc2c1CCCCC2. The minimum absolute atomic E-state index is 0.145. The number of thioether (sulfide) groups is 1. The van der Waals surface area contributed by atoms with E-state index in [1.807, 2.05) is 11.6 Å². The summed E-state index contributed by atoms with van der Waals surface area (Å²) >= 11 is 2.89. The van der Waals surface area contributed by atoms with Gasteiger partial charge in [-0.15, -0.1) is 21.5 Å². The molecule has 7 nitrogen and oxygen atoms in total. The number of ether oxygens (including phenoxy) is 1. The normalized spacial score (nSPS) is 16.2. The second-order valence-corrected chi connectivity index (χ2v) is 9.55. The first kappa shape index (κ1) is 20.4. The van der Waals surface area contributed by atoms with Crippen molar-refractivity contribution >= 4 is 40.0 Å². The summed E-state index contributed by atoms with van der Waals surface area (Å²) in [6.45, 7) is 2.12. The Labute approximate surface area is 178 Å². The van der Waals surface area contributed by atoms with Crippen molar-refractivity contribution in [1.29, 1.82) is 0 Å². The number of nitrogens with one attached hydrogen (secondary N) is 1. The Balaban J connectivity index is 1.46. The highest BCUT2D eigenvalue weighted by Gasteiger charge is 2.30. The average molecular weight is 435 g/mol. The summed E-state index contributed by atoms with van der Waals surface area (Å²) in [5.41, 5.74) is 1.62. The Hall–Kier alpha value is -1.87. The number of esters is 1. The average Bonchev–Trinajstić information content (AvgIpc) is 3.43. The highest BCUT2D eigenvalue weighted by Crippen LogP contribution is 2.40. The number of aromatic nitrogens is 3. The molecule has 29 heavy (non-hydrogen) atoms. The van der Waals surface area contributed by atoms with Crippen molar-refractivity contribution in [3.63, 3.8) is 0 Å². The number of rotatable bonds is 7. The minimum Gasteiger partial charge on any atom is -0.462 e. The van der Waals surface area contributed by atoms with E-state index in [0.717, 1.165) is 55.1 Å². The Kier molecular flexibility index (Phi) is 6.24. The summed E-state index contributed by atoms with van der Waals surface area (Å²) in [5.74, 6) is 1.26. The molecule has 156 valence electrons. The molecule has 1 amide bonds. The zero-order valence-electron chi connectivity index (χ0n) is 16.8. The van der Waals surface area contributed by atoms with E-state index in [1.165, 1.54) is 34.4 Å². The minimum atomic E-state index is -0.336. The Morgan fingerprint density at radius 1 is 1.24 bits per heavy atom. The van der Waals surface area contributed by atoms with E-state index in [9.17, 15) is 9.59 Å². The van der Waals surface area contributed by atoms with Crippen LogP contribution in [0, 0.1) is 0 Å². The number of carbonyl (C=O) groups is 2. The maximum atomic E-state index is 12.6. The summed E-state index contributed by atoms with van der Waals surface area (Å²) in [6, 6.07) is 0. The summed E-state index contributed by atoms with van der Waals surface area (Å²) < 4.78 is 7.26. The quantitative estimate of drug-likeness (QED) is 0.404. The Morgan fingerprint density at radius 3 is 2.79 bits per heavy atom. The van der Waals surface area contributed by atoms with Crippen molar-refractivity contribution in [2.24, 2.45) is 7.05 Å². The van der Waals surface area contributed by atoms with E-state index in [-0.39, 0.29) is 17.6 Å². The molecule has 1 fully saturated rings. The lowest BCUT2D eigenvalue weighted by molar-refractivity contribution is -0.113. The Morgan fingerprint density at radius 2 is 2.03 bits per heavy atom. The fraction of sp³-hybridized carbons (Fsp3) is 0.600. The van der Waals surface area contributed by atoms with Crippen LogP contribution in [0.4, 0.5) is 5.00 Å². The van der Waals surface area contributed by atoms with E-state index < -0.39 is 0 Å². The smallest absolute Gasteiger partial charge is 0.341 e. The molecule has 2 heterocycles. The maximum Gasteiger partial charge on any atom is 0.341 e. The largest absolute Gasteiger partial charge is 0.462 e. The third kappa shape index (κ3) is 4.50. The van der Waals surface area contributed by atoms with Gasteiger partial charge in [0.15, 0.2) is 5.16 Å². The van der Waals surface area contributed by atoms with E-state index in [1.54, 1.807) is 6.92 Å². The molecule has 4 rings (SSSR count). The van der Waals surface area contributed by atoms with Crippen molar-refractivity contribution < 1.29 is 14.3 Å². The first-order chi connectivity index (χ1) is 14.1. The first-order valence-electron chi connectivity index (χ1n) is 10.2. The third-order valence-electron chi connectivity index (χ3n) is 5.30. The van der Waals surface area contributed by atoms with Crippen molar-refractivity contribution in [3.8, 4) is 0 Å². The van der Waals surface area contributed by atoms with E-state index in [0.29, 0.717) is 23.1 Å². The molecule has 0 saturated heterocycles. The topological polar surface area (TPSA) is 86.1 Å². The molecule has 0 bridgehead atoms. The standard InChI is InChI=1S/C20H26N4O3S2/c1-3-27-19(26)16-13-7-5-4-6-8-14(13)29-18(16)21-15(25)11-28-20-23-22-17(24(20)2)12-9-10-12/h12H,3-11H2,1-2H3,(H,21,25). The molecular formula is C20H26N4O3S2. The fourth-order valence-corrected chi connectivity index (χ4v) is 5.70. The van der Waals surface area contributed by atoms with Crippen LogP contribution in [0.2, 0.25) is 0 Å². The monoisotopic (exact) mass is 434 g/mol. The van der Waals surface area contributed by atoms with Crippen LogP contribution >= 0.6 is 23.1 Å². The van der Waals surface area contributed by atoms with Gasteiger partial charge in [-0.2, -0.15) is 0 Å². The molecule has 0 unspecified atom stereocenters. The zero-order chi connectivity index (χ0) is 20.4. The third-order valence-corrected chi connectivity index (χ3v) is 7.52. The van der Waals surface area contributed by atoms with Crippen LogP contribution in [0.1, 0.15) is 71.6 Å². The predicted molar refractivity (Wildman–Crippen MR) is 114 cm³/mol. The van der Waals surface area contributed by atoms with Gasteiger partial charge in [-0.25, -0.2) is 4.79 Å². The molecule has 2 aliphatic carbocycles. The van der Waals surface area contributed by atoms with E-state index >= 15 is 0 Å². The fourth-order valence-electron chi connectivity index (χ4n) is 3.69. The van der Waals surface area contributed by atoms with Gasteiger partial charge in [-0.3, -0.25) is 4.79 Å². The number of thiophene rings is 1. The summed E-state index contributed by atoms with van der Waals surface area (Å²) in [6.07, 6.45) is 7.51. The van der Waals surface area contributed by atoms with Gasteiger partial charge in [0, 0.05) is 17.8 Å². The summed E-state index contributed by atoms with van der Waals surface area (Å²) in [5, 5.41) is 12.8. The second-order valence-electron chi connectivity index (χ2n) is 7.50. The van der Waals surface area contributed by atoms with Gasteiger partial charge in [-0.1, -0.05) is 18.2 Å². The molecule has 0 atom stereocenters.